The first-order chi connectivity index (χ1) is 12.0. The molecule has 0 saturated carbocycles. The number of hydrogen-bond donors (Lipinski definition) is 0. The molecule has 0 aromatic heterocycles. The van der Waals surface area contributed by atoms with Gasteiger partial charge < -0.3 is 9.80 Å². The van der Waals surface area contributed by atoms with E-state index in [-0.39, 0.29) is 11.3 Å². The van der Waals surface area contributed by atoms with E-state index in [0.29, 0.717) is 36.9 Å². The van der Waals surface area contributed by atoms with Gasteiger partial charge in [-0.25, -0.2) is 4.39 Å². The predicted molar refractivity (Wildman–Crippen MR) is 92.6 cm³/mol. The van der Waals surface area contributed by atoms with Gasteiger partial charge in [-0.15, -0.1) is 0 Å². The average Bonchev–Trinajstić information content (AvgIpc) is 2.63. The van der Waals surface area contributed by atoms with Crippen LogP contribution in [0.3, 0.4) is 0 Å². The fourth-order valence-electron chi connectivity index (χ4n) is 2.87. The minimum atomic E-state index is -0.615. The molecule has 0 N–H and O–H groups in total. The molecule has 0 atom stereocenters. The van der Waals surface area contributed by atoms with E-state index in [1.165, 1.54) is 29.2 Å². The molecule has 0 radical (unpaired) electrons. The second-order valence-corrected chi connectivity index (χ2v) is 6.09. The van der Waals surface area contributed by atoms with Crippen molar-refractivity contribution in [1.29, 1.82) is 0 Å². The number of halogens is 2. The Kier molecular flexibility index (Phi) is 4.85. The van der Waals surface area contributed by atoms with Crippen molar-refractivity contribution in [2.24, 2.45) is 0 Å². The minimum Gasteiger partial charge on any atom is -0.362 e. The average molecular weight is 364 g/mol. The van der Waals surface area contributed by atoms with Crippen LogP contribution in [0.1, 0.15) is 10.4 Å². The molecule has 1 saturated heterocycles. The monoisotopic (exact) mass is 363 g/mol. The third kappa shape index (κ3) is 3.56. The number of para-hydroxylation sites is 2. The number of piperazine rings is 1. The summed E-state index contributed by atoms with van der Waals surface area (Å²) in [5.41, 5.74) is 0.489. The zero-order valence-corrected chi connectivity index (χ0v) is 13.9. The van der Waals surface area contributed by atoms with Gasteiger partial charge >= 0.3 is 0 Å². The van der Waals surface area contributed by atoms with Gasteiger partial charge in [0.2, 0.25) is 0 Å². The van der Waals surface area contributed by atoms with Gasteiger partial charge in [0.15, 0.2) is 0 Å². The van der Waals surface area contributed by atoms with Crippen LogP contribution in [0, 0.1) is 15.9 Å². The van der Waals surface area contributed by atoms with Crippen molar-refractivity contribution >= 4 is 28.9 Å². The van der Waals surface area contributed by atoms with E-state index in [9.17, 15) is 19.3 Å². The molecular weight excluding hydrogens is 349 g/mol. The van der Waals surface area contributed by atoms with E-state index in [1.54, 1.807) is 18.2 Å². The number of amides is 1. The molecule has 8 heteroatoms. The maximum atomic E-state index is 13.9. The van der Waals surface area contributed by atoms with Crippen molar-refractivity contribution in [1.82, 2.24) is 4.90 Å². The second kappa shape index (κ2) is 7.06. The summed E-state index contributed by atoms with van der Waals surface area (Å²) in [6.45, 7) is 1.55. The van der Waals surface area contributed by atoms with Crippen LogP contribution < -0.4 is 4.90 Å². The molecule has 130 valence electrons. The van der Waals surface area contributed by atoms with Crippen molar-refractivity contribution in [3.05, 3.63) is 69.0 Å². The summed E-state index contributed by atoms with van der Waals surface area (Å²) in [4.78, 5) is 26.6. The molecule has 25 heavy (non-hydrogen) atoms. The van der Waals surface area contributed by atoms with Gasteiger partial charge in [0.1, 0.15) is 11.5 Å². The SMILES string of the molecule is O=C(c1cc(Cl)ccc1F)N1CCN(c2ccccc2[N+](=O)[O-])CC1. The standard InChI is InChI=1S/C17H15ClFN3O3/c18-12-5-6-14(19)13(11-12)17(23)21-9-7-20(8-10-21)15-3-1-2-4-16(15)22(24)25/h1-6,11H,7-10H2. The lowest BCUT2D eigenvalue weighted by atomic mass is 10.1. The zero-order chi connectivity index (χ0) is 18.0. The molecule has 2 aromatic rings. The minimum absolute atomic E-state index is 0.0307. The van der Waals surface area contributed by atoms with Gasteiger partial charge in [0.25, 0.3) is 11.6 Å². The molecule has 0 bridgehead atoms. The summed E-state index contributed by atoms with van der Waals surface area (Å²) >= 11 is 5.84. The molecule has 1 heterocycles. The van der Waals surface area contributed by atoms with Gasteiger partial charge in [-0.3, -0.25) is 14.9 Å². The Labute approximate surface area is 148 Å². The van der Waals surface area contributed by atoms with E-state index >= 15 is 0 Å². The van der Waals surface area contributed by atoms with Crippen molar-refractivity contribution in [3.8, 4) is 0 Å². The Morgan fingerprint density at radius 1 is 1.12 bits per heavy atom. The Morgan fingerprint density at radius 2 is 1.80 bits per heavy atom. The number of anilines is 1. The molecule has 3 rings (SSSR count). The van der Waals surface area contributed by atoms with Crippen molar-refractivity contribution in [2.45, 2.75) is 0 Å². The number of rotatable bonds is 3. The van der Waals surface area contributed by atoms with E-state index in [2.05, 4.69) is 0 Å². The van der Waals surface area contributed by atoms with E-state index in [4.69, 9.17) is 11.6 Å². The van der Waals surface area contributed by atoms with E-state index in [0.717, 1.165) is 0 Å². The van der Waals surface area contributed by atoms with Crippen LogP contribution in [-0.4, -0.2) is 41.9 Å². The summed E-state index contributed by atoms with van der Waals surface area (Å²) in [5.74, 6) is -1.04. The Morgan fingerprint density at radius 3 is 2.48 bits per heavy atom. The van der Waals surface area contributed by atoms with Crippen LogP contribution in [0.4, 0.5) is 15.8 Å². The maximum Gasteiger partial charge on any atom is 0.292 e. The van der Waals surface area contributed by atoms with Gasteiger partial charge in [-0.05, 0) is 24.3 Å². The molecular formula is C17H15ClFN3O3. The lowest BCUT2D eigenvalue weighted by Crippen LogP contribution is -2.49. The fraction of sp³-hybridized carbons (Fsp3) is 0.235. The van der Waals surface area contributed by atoms with Crippen LogP contribution in [0.5, 0.6) is 0 Å². The normalized spacial score (nSPS) is 14.5. The van der Waals surface area contributed by atoms with Gasteiger partial charge in [0, 0.05) is 37.3 Å². The highest BCUT2D eigenvalue weighted by Crippen LogP contribution is 2.28. The smallest absolute Gasteiger partial charge is 0.292 e. The largest absolute Gasteiger partial charge is 0.362 e. The molecule has 2 aromatic carbocycles. The molecule has 0 aliphatic carbocycles. The summed E-state index contributed by atoms with van der Waals surface area (Å²) in [5, 5.41) is 11.4. The molecule has 1 amide bonds. The van der Waals surface area contributed by atoms with Crippen molar-refractivity contribution in [3.63, 3.8) is 0 Å². The highest BCUT2D eigenvalue weighted by molar-refractivity contribution is 6.31. The number of benzene rings is 2. The van der Waals surface area contributed by atoms with Crippen molar-refractivity contribution in [2.75, 3.05) is 31.1 Å². The van der Waals surface area contributed by atoms with Gasteiger partial charge in [0.05, 0.1) is 10.5 Å². The predicted octanol–water partition coefficient (Wildman–Crippen LogP) is 3.35. The summed E-state index contributed by atoms with van der Waals surface area (Å²) < 4.78 is 13.9. The first-order valence-electron chi connectivity index (χ1n) is 7.70. The molecule has 0 spiro atoms. The van der Waals surface area contributed by atoms with Crippen LogP contribution in [0.2, 0.25) is 5.02 Å². The summed E-state index contributed by atoms with van der Waals surface area (Å²) in [6.07, 6.45) is 0. The Hall–Kier alpha value is -2.67. The lowest BCUT2D eigenvalue weighted by molar-refractivity contribution is -0.384. The molecule has 6 nitrogen and oxygen atoms in total. The zero-order valence-electron chi connectivity index (χ0n) is 13.2. The first-order valence-corrected chi connectivity index (χ1v) is 8.08. The van der Waals surface area contributed by atoms with Crippen LogP contribution in [-0.2, 0) is 0 Å². The lowest BCUT2D eigenvalue weighted by Gasteiger charge is -2.35. The highest BCUT2D eigenvalue weighted by atomic mass is 35.5. The van der Waals surface area contributed by atoms with E-state index < -0.39 is 16.6 Å². The Balaban J connectivity index is 1.73. The molecule has 0 unspecified atom stereocenters. The van der Waals surface area contributed by atoms with E-state index in [1.807, 2.05) is 4.90 Å². The van der Waals surface area contributed by atoms with Gasteiger partial charge in [-0.1, -0.05) is 23.7 Å². The number of carbonyl (C=O) groups excluding carboxylic acids is 1. The highest BCUT2D eigenvalue weighted by Gasteiger charge is 2.27. The molecule has 1 aliphatic rings. The van der Waals surface area contributed by atoms with Crippen LogP contribution >= 0.6 is 11.6 Å². The third-order valence-corrected chi connectivity index (χ3v) is 4.38. The van der Waals surface area contributed by atoms with Gasteiger partial charge in [-0.2, -0.15) is 0 Å². The summed E-state index contributed by atoms with van der Waals surface area (Å²) in [6, 6.07) is 10.4. The Bertz CT molecular complexity index is 823. The van der Waals surface area contributed by atoms with Crippen molar-refractivity contribution < 1.29 is 14.1 Å². The number of nitro benzene ring substituents is 1. The number of nitrogens with zero attached hydrogens (tertiary/aromatic N) is 3. The fourth-order valence-corrected chi connectivity index (χ4v) is 3.04. The number of hydrogen-bond acceptors (Lipinski definition) is 4. The molecule has 1 aliphatic heterocycles. The second-order valence-electron chi connectivity index (χ2n) is 5.65. The molecule has 1 fully saturated rings. The number of carbonyl (C=O) groups is 1. The summed E-state index contributed by atoms with van der Waals surface area (Å²) in [7, 11) is 0. The maximum absolute atomic E-state index is 13.9. The van der Waals surface area contributed by atoms with Crippen LogP contribution in [0.25, 0.3) is 0 Å². The quantitative estimate of drug-likeness (QED) is 0.619. The third-order valence-electron chi connectivity index (χ3n) is 4.14. The topological polar surface area (TPSA) is 66.7 Å². The number of nitro groups is 1. The first kappa shape index (κ1) is 17.2. The van der Waals surface area contributed by atoms with Crippen LogP contribution in [0.15, 0.2) is 42.5 Å².